The lowest BCUT2D eigenvalue weighted by Crippen LogP contribution is -2.36. The first kappa shape index (κ1) is 21.3. The summed E-state index contributed by atoms with van der Waals surface area (Å²) in [5.41, 5.74) is -0.255. The quantitative estimate of drug-likeness (QED) is 0.685. The topological polar surface area (TPSA) is 60.0 Å². The summed E-state index contributed by atoms with van der Waals surface area (Å²) in [5, 5.41) is 2.62. The van der Waals surface area contributed by atoms with E-state index in [0.717, 1.165) is 12.1 Å². The van der Waals surface area contributed by atoms with Crippen LogP contribution in [-0.4, -0.2) is 39.0 Å². The molecule has 10 heteroatoms. The molecule has 4 rings (SSSR count). The summed E-state index contributed by atoms with van der Waals surface area (Å²) in [7, 11) is 0. The third-order valence-corrected chi connectivity index (χ3v) is 5.10. The highest BCUT2D eigenvalue weighted by Crippen LogP contribution is 2.40. The third-order valence-electron chi connectivity index (χ3n) is 4.82. The number of amides is 1. The molecule has 31 heavy (non-hydrogen) atoms. The molecule has 164 valence electrons. The van der Waals surface area contributed by atoms with Crippen molar-refractivity contribution in [1.82, 2.24) is 0 Å². The fourth-order valence-corrected chi connectivity index (χ4v) is 3.60. The first-order valence-electron chi connectivity index (χ1n) is 9.43. The SMILES string of the molecule is O=C(/C=C/c1cc(Cl)c2c(c1)OCO2)Nc1ccc(N2CCOCC2)cc1C(F)(F)F. The van der Waals surface area contributed by atoms with Crippen LogP contribution in [0.2, 0.25) is 5.02 Å². The van der Waals surface area contributed by atoms with Gasteiger partial charge in [-0.15, -0.1) is 0 Å². The monoisotopic (exact) mass is 454 g/mol. The fraction of sp³-hybridized carbons (Fsp3) is 0.286. The Bertz CT molecular complexity index is 1020. The molecule has 1 fully saturated rings. The zero-order valence-corrected chi connectivity index (χ0v) is 16.9. The Hall–Kier alpha value is -2.91. The van der Waals surface area contributed by atoms with Crippen LogP contribution in [0.4, 0.5) is 24.5 Å². The van der Waals surface area contributed by atoms with Gasteiger partial charge in [-0.2, -0.15) is 13.2 Å². The zero-order chi connectivity index (χ0) is 22.0. The van der Waals surface area contributed by atoms with E-state index in [4.69, 9.17) is 25.8 Å². The Morgan fingerprint density at radius 1 is 1.13 bits per heavy atom. The van der Waals surface area contributed by atoms with Crippen LogP contribution in [0.1, 0.15) is 11.1 Å². The second kappa shape index (κ2) is 8.68. The van der Waals surface area contributed by atoms with Gasteiger partial charge in [0, 0.05) is 24.9 Å². The number of fused-ring (bicyclic) bond motifs is 1. The minimum atomic E-state index is -4.63. The summed E-state index contributed by atoms with van der Waals surface area (Å²) in [6.45, 7) is 1.96. The van der Waals surface area contributed by atoms with E-state index in [-0.39, 0.29) is 12.5 Å². The minimum Gasteiger partial charge on any atom is -0.454 e. The molecule has 2 aliphatic rings. The molecule has 2 aromatic carbocycles. The van der Waals surface area contributed by atoms with E-state index < -0.39 is 17.6 Å². The van der Waals surface area contributed by atoms with E-state index >= 15 is 0 Å². The molecule has 0 saturated carbocycles. The van der Waals surface area contributed by atoms with Crippen LogP contribution in [0.15, 0.2) is 36.4 Å². The van der Waals surface area contributed by atoms with Crippen molar-refractivity contribution >= 4 is 35.0 Å². The smallest absolute Gasteiger partial charge is 0.418 e. The number of carbonyl (C=O) groups excluding carboxylic acids is 1. The number of rotatable bonds is 4. The maximum atomic E-state index is 13.6. The van der Waals surface area contributed by atoms with Crippen molar-refractivity contribution in [2.75, 3.05) is 43.3 Å². The zero-order valence-electron chi connectivity index (χ0n) is 16.2. The Morgan fingerprint density at radius 3 is 2.65 bits per heavy atom. The Kier molecular flexibility index (Phi) is 5.97. The van der Waals surface area contributed by atoms with Crippen molar-refractivity contribution in [2.24, 2.45) is 0 Å². The van der Waals surface area contributed by atoms with Crippen molar-refractivity contribution in [1.29, 1.82) is 0 Å². The molecule has 2 aromatic rings. The van der Waals surface area contributed by atoms with Gasteiger partial charge in [-0.3, -0.25) is 4.79 Å². The number of nitrogens with zero attached hydrogens (tertiary/aromatic N) is 1. The molecule has 1 amide bonds. The van der Waals surface area contributed by atoms with Crippen LogP contribution < -0.4 is 19.7 Å². The largest absolute Gasteiger partial charge is 0.454 e. The number of alkyl halides is 3. The molecule has 0 radical (unpaired) electrons. The Balaban J connectivity index is 1.52. The Morgan fingerprint density at radius 2 is 1.90 bits per heavy atom. The van der Waals surface area contributed by atoms with Gasteiger partial charge in [0.1, 0.15) is 0 Å². The van der Waals surface area contributed by atoms with Crippen LogP contribution in [0.3, 0.4) is 0 Å². The van der Waals surface area contributed by atoms with E-state index in [9.17, 15) is 18.0 Å². The molecule has 6 nitrogen and oxygen atoms in total. The van der Waals surface area contributed by atoms with Gasteiger partial charge in [-0.25, -0.2) is 0 Å². The number of benzene rings is 2. The van der Waals surface area contributed by atoms with Gasteiger partial charge < -0.3 is 24.4 Å². The van der Waals surface area contributed by atoms with Crippen molar-refractivity contribution in [2.45, 2.75) is 6.18 Å². The lowest BCUT2D eigenvalue weighted by Gasteiger charge is -2.29. The average Bonchev–Trinajstić information content (AvgIpc) is 3.22. The fourth-order valence-electron chi connectivity index (χ4n) is 3.32. The van der Waals surface area contributed by atoms with Crippen molar-refractivity contribution in [3.63, 3.8) is 0 Å². The molecular formula is C21H18ClF3N2O4. The van der Waals surface area contributed by atoms with E-state index in [1.54, 1.807) is 18.2 Å². The normalized spacial score (nSPS) is 16.1. The molecule has 2 heterocycles. The maximum Gasteiger partial charge on any atom is 0.418 e. The highest BCUT2D eigenvalue weighted by Gasteiger charge is 2.34. The Labute approximate surface area is 181 Å². The van der Waals surface area contributed by atoms with Crippen LogP contribution in [0, 0.1) is 0 Å². The van der Waals surface area contributed by atoms with Crippen LogP contribution in [0.25, 0.3) is 6.08 Å². The summed E-state index contributed by atoms with van der Waals surface area (Å²) in [6, 6.07) is 7.05. The number of nitrogens with one attached hydrogen (secondary N) is 1. The molecule has 0 unspecified atom stereocenters. The molecule has 0 spiro atoms. The van der Waals surface area contributed by atoms with Gasteiger partial charge in [0.05, 0.1) is 29.5 Å². The molecule has 2 aliphatic heterocycles. The number of hydrogen-bond acceptors (Lipinski definition) is 5. The van der Waals surface area contributed by atoms with Gasteiger partial charge in [0.25, 0.3) is 0 Å². The summed E-state index contributed by atoms with van der Waals surface area (Å²) >= 11 is 6.09. The molecule has 0 bridgehead atoms. The number of halogens is 4. The van der Waals surface area contributed by atoms with Gasteiger partial charge in [0.15, 0.2) is 11.5 Å². The minimum absolute atomic E-state index is 0.0450. The van der Waals surface area contributed by atoms with Gasteiger partial charge in [0.2, 0.25) is 12.7 Å². The number of hydrogen-bond donors (Lipinski definition) is 1. The predicted molar refractivity (Wildman–Crippen MR) is 110 cm³/mol. The van der Waals surface area contributed by atoms with E-state index in [1.807, 2.05) is 4.90 Å². The van der Waals surface area contributed by atoms with Crippen molar-refractivity contribution in [3.8, 4) is 11.5 Å². The molecular weight excluding hydrogens is 437 g/mol. The lowest BCUT2D eigenvalue weighted by atomic mass is 10.1. The summed E-state index contributed by atoms with van der Waals surface area (Å²) < 4.78 is 56.6. The summed E-state index contributed by atoms with van der Waals surface area (Å²) in [6.07, 6.45) is -2.07. The van der Waals surface area contributed by atoms with Gasteiger partial charge in [-0.1, -0.05) is 11.6 Å². The molecule has 0 aromatic heterocycles. The number of anilines is 2. The standard InChI is InChI=1S/C21H18ClF3N2O4/c22-16-9-13(10-18-20(16)31-12-30-18)1-4-19(28)26-17-3-2-14(11-15(17)21(23,24)25)27-5-7-29-8-6-27/h1-4,9-11H,5-8,12H2,(H,26,28)/b4-1+. The summed E-state index contributed by atoms with van der Waals surface area (Å²) in [4.78, 5) is 14.1. The first-order valence-corrected chi connectivity index (χ1v) is 9.81. The highest BCUT2D eigenvalue weighted by molar-refractivity contribution is 6.32. The van der Waals surface area contributed by atoms with E-state index in [0.29, 0.717) is 54.1 Å². The van der Waals surface area contributed by atoms with Gasteiger partial charge >= 0.3 is 6.18 Å². The van der Waals surface area contributed by atoms with Crippen LogP contribution in [-0.2, 0) is 15.7 Å². The number of carbonyl (C=O) groups is 1. The maximum absolute atomic E-state index is 13.6. The van der Waals surface area contributed by atoms with Crippen molar-refractivity contribution < 1.29 is 32.2 Å². The second-order valence-electron chi connectivity index (χ2n) is 6.89. The van der Waals surface area contributed by atoms with E-state index in [1.165, 1.54) is 12.1 Å². The second-order valence-corrected chi connectivity index (χ2v) is 7.29. The van der Waals surface area contributed by atoms with Crippen LogP contribution in [0.5, 0.6) is 11.5 Å². The number of ether oxygens (including phenoxy) is 3. The highest BCUT2D eigenvalue weighted by atomic mass is 35.5. The number of morpholine rings is 1. The molecule has 1 saturated heterocycles. The first-order chi connectivity index (χ1) is 14.8. The molecule has 1 N–H and O–H groups in total. The lowest BCUT2D eigenvalue weighted by molar-refractivity contribution is -0.136. The predicted octanol–water partition coefficient (Wildman–Crippen LogP) is 4.58. The third kappa shape index (κ3) is 4.88. The average molecular weight is 455 g/mol. The molecule has 0 aliphatic carbocycles. The van der Waals surface area contributed by atoms with Crippen molar-refractivity contribution in [3.05, 3.63) is 52.6 Å². The van der Waals surface area contributed by atoms with Crippen LogP contribution >= 0.6 is 11.6 Å². The van der Waals surface area contributed by atoms with Gasteiger partial charge in [-0.05, 0) is 42.0 Å². The summed E-state index contributed by atoms with van der Waals surface area (Å²) in [5.74, 6) is 0.141. The molecule has 0 atom stereocenters. The van der Waals surface area contributed by atoms with E-state index in [2.05, 4.69) is 5.32 Å².